The molecule has 0 bridgehead atoms. The lowest BCUT2D eigenvalue weighted by Crippen LogP contribution is -2.71. The normalized spacial score (nSPS) is 19.8. The Morgan fingerprint density at radius 1 is 1.42 bits per heavy atom. The van der Waals surface area contributed by atoms with Crippen molar-refractivity contribution in [2.75, 3.05) is 18.6 Å². The molecule has 1 fully saturated rings. The Morgan fingerprint density at radius 2 is 2.22 bits per heavy atom. The minimum Gasteiger partial charge on any atom is -0.477 e. The van der Waals surface area contributed by atoms with Gasteiger partial charge in [-0.3, -0.25) is 14.5 Å². The molecule has 1 saturated heterocycles. The van der Waals surface area contributed by atoms with E-state index in [1.807, 2.05) is 46.6 Å². The van der Waals surface area contributed by atoms with E-state index in [-0.39, 0.29) is 22.4 Å². The fraction of sp³-hybridized carbons (Fsp3) is 0.286. The third-order valence-electron chi connectivity index (χ3n) is 5.94. The van der Waals surface area contributed by atoms with Gasteiger partial charge in [0.15, 0.2) is 17.9 Å². The van der Waals surface area contributed by atoms with Crippen molar-refractivity contribution in [1.29, 1.82) is 0 Å². The molecular formula is C21H21N8O5S2+. The number of aryl methyl sites for hydroxylation is 1. The third-order valence-corrected chi connectivity index (χ3v) is 7.82. The molecule has 2 aliphatic rings. The van der Waals surface area contributed by atoms with Gasteiger partial charge in [-0.2, -0.15) is 13.9 Å². The van der Waals surface area contributed by atoms with E-state index in [0.29, 0.717) is 17.9 Å². The maximum atomic E-state index is 13.0. The number of carboxylic acid groups (broad SMARTS) is 1. The van der Waals surface area contributed by atoms with Crippen LogP contribution in [0.2, 0.25) is 0 Å². The van der Waals surface area contributed by atoms with Crippen molar-refractivity contribution in [3.63, 3.8) is 0 Å². The molecule has 15 heteroatoms. The number of amides is 2. The first-order valence-electron chi connectivity index (χ1n) is 10.7. The minimum atomic E-state index is -1.20. The summed E-state index contributed by atoms with van der Waals surface area (Å²) >= 11 is 2.27. The van der Waals surface area contributed by atoms with Gasteiger partial charge >= 0.3 is 5.97 Å². The van der Waals surface area contributed by atoms with E-state index in [2.05, 4.69) is 19.8 Å². The van der Waals surface area contributed by atoms with Crippen molar-refractivity contribution in [2.24, 2.45) is 5.16 Å². The molecular weight excluding hydrogens is 508 g/mol. The number of carbonyl (C=O) groups excluding carboxylic acids is 2. The number of hydrogen-bond donors (Lipinski definition) is 3. The SMILES string of the molecule is CO/N=C(\C(=O)N[C@@H]1C(=O)N2C(C(=O)O)=C(C[n+]3ccn4cccc4c3C)CS[C@@H]12)c1nsc(N)n1. The highest BCUT2D eigenvalue weighted by Crippen LogP contribution is 2.40. The first-order valence-corrected chi connectivity index (χ1v) is 12.5. The maximum absolute atomic E-state index is 13.0. The monoisotopic (exact) mass is 529 g/mol. The van der Waals surface area contributed by atoms with Crippen LogP contribution in [0.4, 0.5) is 5.13 Å². The number of carbonyl (C=O) groups is 3. The van der Waals surface area contributed by atoms with E-state index < -0.39 is 29.2 Å². The number of nitrogen functional groups attached to an aromatic ring is 1. The number of β-lactam (4-membered cyclic amide) rings is 1. The van der Waals surface area contributed by atoms with Gasteiger partial charge < -0.3 is 25.4 Å². The lowest BCUT2D eigenvalue weighted by molar-refractivity contribution is -0.694. The van der Waals surface area contributed by atoms with Crippen molar-refractivity contribution < 1.29 is 28.9 Å². The number of nitrogens with zero attached hydrogens (tertiary/aromatic N) is 6. The van der Waals surface area contributed by atoms with Crippen molar-refractivity contribution >= 4 is 57.4 Å². The molecule has 5 heterocycles. The molecule has 5 rings (SSSR count). The molecule has 3 aromatic heterocycles. The number of aliphatic carboxylic acids is 1. The summed E-state index contributed by atoms with van der Waals surface area (Å²) in [6.45, 7) is 2.27. The molecule has 0 radical (unpaired) electrons. The number of oxime groups is 1. The molecule has 0 aliphatic carbocycles. The van der Waals surface area contributed by atoms with E-state index in [0.717, 1.165) is 22.7 Å². The first-order chi connectivity index (χ1) is 17.3. The molecule has 13 nitrogen and oxygen atoms in total. The molecule has 0 saturated carbocycles. The quantitative estimate of drug-likeness (QED) is 0.162. The lowest BCUT2D eigenvalue weighted by Gasteiger charge is -2.49. The van der Waals surface area contributed by atoms with Crippen molar-refractivity contribution in [3.05, 3.63) is 53.5 Å². The molecule has 0 unspecified atom stereocenters. The molecule has 2 amide bonds. The summed E-state index contributed by atoms with van der Waals surface area (Å²) in [5, 5.41) is 15.8. The van der Waals surface area contributed by atoms with Crippen LogP contribution in [0.3, 0.4) is 0 Å². The maximum Gasteiger partial charge on any atom is 0.352 e. The van der Waals surface area contributed by atoms with E-state index in [1.54, 1.807) is 0 Å². The van der Waals surface area contributed by atoms with Gasteiger partial charge in [-0.05, 0) is 12.1 Å². The number of anilines is 1. The fourth-order valence-electron chi connectivity index (χ4n) is 4.24. The van der Waals surface area contributed by atoms with Gasteiger partial charge in [0.25, 0.3) is 11.8 Å². The molecule has 186 valence electrons. The Kier molecular flexibility index (Phi) is 6.09. The Bertz CT molecular complexity index is 1460. The summed E-state index contributed by atoms with van der Waals surface area (Å²) < 4.78 is 7.89. The molecule has 2 atom stereocenters. The van der Waals surface area contributed by atoms with E-state index in [9.17, 15) is 19.5 Å². The van der Waals surface area contributed by atoms with Gasteiger partial charge in [0.1, 0.15) is 29.7 Å². The zero-order valence-corrected chi connectivity index (χ0v) is 20.7. The number of carboxylic acids is 1. The highest BCUT2D eigenvalue weighted by molar-refractivity contribution is 8.00. The number of fused-ring (bicyclic) bond motifs is 2. The van der Waals surface area contributed by atoms with Crippen LogP contribution in [0.1, 0.15) is 11.5 Å². The first kappa shape index (κ1) is 23.7. The molecule has 0 aromatic carbocycles. The van der Waals surface area contributed by atoms with Gasteiger partial charge in [-0.15, -0.1) is 11.8 Å². The Balaban J connectivity index is 1.38. The number of thioether (sulfide) groups is 1. The molecule has 2 aliphatic heterocycles. The van der Waals surface area contributed by atoms with E-state index in [1.165, 1.54) is 23.8 Å². The second kappa shape index (κ2) is 9.23. The molecule has 36 heavy (non-hydrogen) atoms. The van der Waals surface area contributed by atoms with Gasteiger partial charge in [-0.25, -0.2) is 4.79 Å². The fourth-order valence-corrected chi connectivity index (χ4v) is 6.01. The van der Waals surface area contributed by atoms with Crippen LogP contribution in [0.25, 0.3) is 5.52 Å². The van der Waals surface area contributed by atoms with Crippen molar-refractivity contribution in [1.82, 2.24) is 24.0 Å². The highest BCUT2D eigenvalue weighted by Gasteiger charge is 2.55. The van der Waals surface area contributed by atoms with Crippen molar-refractivity contribution in [3.8, 4) is 0 Å². The second-order valence-electron chi connectivity index (χ2n) is 8.01. The van der Waals surface area contributed by atoms with Gasteiger partial charge in [0.05, 0.1) is 6.20 Å². The predicted molar refractivity (Wildman–Crippen MR) is 130 cm³/mol. The average molecular weight is 530 g/mol. The Morgan fingerprint density at radius 3 is 2.92 bits per heavy atom. The van der Waals surface area contributed by atoms with E-state index >= 15 is 0 Å². The van der Waals surface area contributed by atoms with Crippen LogP contribution in [-0.2, 0) is 25.8 Å². The van der Waals surface area contributed by atoms with Crippen molar-refractivity contribution in [2.45, 2.75) is 24.9 Å². The summed E-state index contributed by atoms with van der Waals surface area (Å²) in [6, 6.07) is 2.97. The zero-order chi connectivity index (χ0) is 25.6. The summed E-state index contributed by atoms with van der Waals surface area (Å²) in [5.74, 6) is -2.10. The van der Waals surface area contributed by atoms with Gasteiger partial charge in [0.2, 0.25) is 17.2 Å². The van der Waals surface area contributed by atoms with Gasteiger partial charge in [0, 0.05) is 36.0 Å². The standard InChI is InChI=1S/C21H20N8O5S2/c1-10-12-4-3-5-27(12)6-7-28(10)8-11-9-35-19-14(18(31)29(19)15(11)20(32)33)23-17(30)13(25-34-2)16-24-21(22)36-26-16/h3-7,14,19H,8-9H2,1-2H3,(H3-,22,23,24,26,30,32,33)/p+1/b25-13-/t14-,19+/m1/s1. The number of nitrogens with two attached hydrogens (primary N) is 1. The van der Waals surface area contributed by atoms with Crippen LogP contribution in [-0.4, -0.2) is 71.5 Å². The third kappa shape index (κ3) is 3.95. The van der Waals surface area contributed by atoms with Crippen LogP contribution in [0, 0.1) is 6.92 Å². The molecule has 0 spiro atoms. The number of nitrogens with one attached hydrogen (secondary N) is 1. The van der Waals surface area contributed by atoms with Crippen LogP contribution < -0.4 is 15.6 Å². The summed E-state index contributed by atoms with van der Waals surface area (Å²) in [5.41, 5.74) is 7.87. The topological polar surface area (TPSA) is 168 Å². The van der Waals surface area contributed by atoms with Crippen LogP contribution in [0.15, 0.2) is 47.1 Å². The Hall–Kier alpha value is -3.98. The zero-order valence-electron chi connectivity index (χ0n) is 19.1. The van der Waals surface area contributed by atoms with Crippen LogP contribution >= 0.6 is 23.3 Å². The van der Waals surface area contributed by atoms with Gasteiger partial charge in [-0.1, -0.05) is 5.16 Å². The second-order valence-corrected chi connectivity index (χ2v) is 9.90. The Labute approximate surface area is 212 Å². The summed E-state index contributed by atoms with van der Waals surface area (Å²) in [6.07, 6.45) is 5.71. The van der Waals surface area contributed by atoms with E-state index in [4.69, 9.17) is 10.6 Å². The predicted octanol–water partition coefficient (Wildman–Crippen LogP) is -0.242. The summed E-state index contributed by atoms with van der Waals surface area (Å²) in [4.78, 5) is 48.0. The summed E-state index contributed by atoms with van der Waals surface area (Å²) in [7, 11) is 1.26. The molecule has 4 N–H and O–H groups in total. The average Bonchev–Trinajstić information content (AvgIpc) is 3.51. The number of aromatic nitrogens is 4. The largest absolute Gasteiger partial charge is 0.477 e. The lowest BCUT2D eigenvalue weighted by atomic mass is 10.0. The minimum absolute atomic E-state index is 0.0301. The highest BCUT2D eigenvalue weighted by atomic mass is 32.2. The number of hydrogen-bond acceptors (Lipinski definition) is 10. The smallest absolute Gasteiger partial charge is 0.352 e. The van der Waals surface area contributed by atoms with Crippen LogP contribution in [0.5, 0.6) is 0 Å². The molecule has 3 aromatic rings. The number of rotatable bonds is 7.